The van der Waals surface area contributed by atoms with Gasteiger partial charge in [-0.05, 0) is 37.0 Å². The number of nitrogens with zero attached hydrogens (tertiary/aromatic N) is 6. The fourth-order valence-corrected chi connectivity index (χ4v) is 3.53. The van der Waals surface area contributed by atoms with Gasteiger partial charge in [0.2, 0.25) is 0 Å². The third kappa shape index (κ3) is 3.85. The molecule has 1 fully saturated rings. The topological polar surface area (TPSA) is 85.9 Å². The highest BCUT2D eigenvalue weighted by Crippen LogP contribution is 2.22. The molecule has 0 saturated carbocycles. The predicted octanol–water partition coefficient (Wildman–Crippen LogP) is 1.32. The number of rotatable bonds is 4. The fourth-order valence-electron chi connectivity index (χ4n) is 3.53. The van der Waals surface area contributed by atoms with Crippen molar-refractivity contribution in [3.8, 4) is 11.3 Å². The van der Waals surface area contributed by atoms with E-state index in [1.165, 1.54) is 4.68 Å². The van der Waals surface area contributed by atoms with E-state index in [-0.39, 0.29) is 11.1 Å². The molecule has 8 heteroatoms. The predicted molar refractivity (Wildman–Crippen MR) is 106 cm³/mol. The van der Waals surface area contributed by atoms with Crippen LogP contribution < -0.4 is 16.0 Å². The Kier molecular flexibility index (Phi) is 5.01. The van der Waals surface area contributed by atoms with E-state index in [1.807, 2.05) is 12.1 Å². The van der Waals surface area contributed by atoms with Crippen LogP contribution in [0.4, 0.5) is 5.82 Å². The Labute approximate surface area is 162 Å². The maximum atomic E-state index is 12.5. The zero-order chi connectivity index (χ0) is 19.5. The Bertz CT molecular complexity index is 1070. The molecule has 0 unspecified atom stereocenters. The average molecular weight is 378 g/mol. The van der Waals surface area contributed by atoms with Crippen molar-refractivity contribution in [3.05, 3.63) is 69.8 Å². The van der Waals surface area contributed by atoms with Crippen LogP contribution in [-0.4, -0.2) is 37.4 Å². The van der Waals surface area contributed by atoms with Gasteiger partial charge in [-0.25, -0.2) is 9.67 Å². The van der Waals surface area contributed by atoms with Crippen molar-refractivity contribution in [2.75, 3.05) is 18.0 Å². The second-order valence-electron chi connectivity index (χ2n) is 7.08. The van der Waals surface area contributed by atoms with Gasteiger partial charge in [-0.1, -0.05) is 0 Å². The number of piperidine rings is 1. The summed E-state index contributed by atoms with van der Waals surface area (Å²) in [6, 6.07) is 8.59. The minimum Gasteiger partial charge on any atom is -0.355 e. The van der Waals surface area contributed by atoms with E-state index >= 15 is 0 Å². The standard InChI is InChI=1S/C20H22N6O2/c1-24-19(27)3-2-18(23-24)25-10-6-15(7-11-25)13-26-14-22-17(12-20(26)28)16-4-8-21-9-5-16/h2-5,8-9,12,14-15H,6-7,10-11,13H2,1H3. The van der Waals surface area contributed by atoms with Crippen LogP contribution in [-0.2, 0) is 13.6 Å². The van der Waals surface area contributed by atoms with Crippen LogP contribution >= 0.6 is 0 Å². The number of anilines is 1. The minimum atomic E-state index is -0.110. The molecule has 0 aromatic carbocycles. The molecule has 0 N–H and O–H groups in total. The van der Waals surface area contributed by atoms with Gasteiger partial charge >= 0.3 is 0 Å². The lowest BCUT2D eigenvalue weighted by Crippen LogP contribution is -2.37. The highest BCUT2D eigenvalue weighted by atomic mass is 16.1. The van der Waals surface area contributed by atoms with Gasteiger partial charge in [0.1, 0.15) is 5.82 Å². The maximum absolute atomic E-state index is 12.5. The average Bonchev–Trinajstić information content (AvgIpc) is 2.73. The molecule has 1 aliphatic rings. The molecule has 0 aliphatic carbocycles. The van der Waals surface area contributed by atoms with Crippen LogP contribution in [0.3, 0.4) is 0 Å². The minimum absolute atomic E-state index is 0.0380. The molecule has 3 aromatic rings. The Morgan fingerprint density at radius 3 is 2.46 bits per heavy atom. The summed E-state index contributed by atoms with van der Waals surface area (Å²) in [5, 5.41) is 4.32. The van der Waals surface area contributed by atoms with Crippen LogP contribution in [0, 0.1) is 5.92 Å². The van der Waals surface area contributed by atoms with Crippen LogP contribution in [0.2, 0.25) is 0 Å². The molecular formula is C20H22N6O2. The summed E-state index contributed by atoms with van der Waals surface area (Å²) in [7, 11) is 1.66. The van der Waals surface area contributed by atoms with Crippen LogP contribution in [0.15, 0.2) is 58.6 Å². The van der Waals surface area contributed by atoms with Crippen molar-refractivity contribution in [1.82, 2.24) is 24.3 Å². The normalized spacial score (nSPS) is 15.0. The van der Waals surface area contributed by atoms with Crippen LogP contribution in [0.1, 0.15) is 12.8 Å². The second kappa shape index (κ2) is 7.75. The highest BCUT2D eigenvalue weighted by Gasteiger charge is 2.21. The van der Waals surface area contributed by atoms with Crippen LogP contribution in [0.5, 0.6) is 0 Å². The Morgan fingerprint density at radius 2 is 1.79 bits per heavy atom. The largest absolute Gasteiger partial charge is 0.355 e. The number of aryl methyl sites for hydroxylation is 1. The Morgan fingerprint density at radius 1 is 1.04 bits per heavy atom. The van der Waals surface area contributed by atoms with Crippen molar-refractivity contribution < 1.29 is 0 Å². The zero-order valence-corrected chi connectivity index (χ0v) is 15.7. The molecule has 4 heterocycles. The first-order chi connectivity index (χ1) is 13.6. The SMILES string of the molecule is Cn1nc(N2CCC(Cn3cnc(-c4ccncc4)cc3=O)CC2)ccc1=O. The molecule has 1 aliphatic heterocycles. The van der Waals surface area contributed by atoms with Crippen molar-refractivity contribution in [1.29, 1.82) is 0 Å². The molecule has 0 amide bonds. The summed E-state index contributed by atoms with van der Waals surface area (Å²) in [6.07, 6.45) is 6.94. The molecule has 8 nitrogen and oxygen atoms in total. The zero-order valence-electron chi connectivity index (χ0n) is 15.7. The van der Waals surface area contributed by atoms with Crippen molar-refractivity contribution in [3.63, 3.8) is 0 Å². The van der Waals surface area contributed by atoms with Crippen molar-refractivity contribution in [2.24, 2.45) is 13.0 Å². The molecule has 1 saturated heterocycles. The van der Waals surface area contributed by atoms with E-state index in [4.69, 9.17) is 0 Å². The van der Waals surface area contributed by atoms with Gasteiger partial charge in [0.05, 0.1) is 12.0 Å². The summed E-state index contributed by atoms with van der Waals surface area (Å²) >= 11 is 0. The smallest absolute Gasteiger partial charge is 0.266 e. The lowest BCUT2D eigenvalue weighted by molar-refractivity contribution is 0.349. The Balaban J connectivity index is 1.40. The molecule has 0 bridgehead atoms. The van der Waals surface area contributed by atoms with E-state index in [0.29, 0.717) is 18.2 Å². The van der Waals surface area contributed by atoms with E-state index in [9.17, 15) is 9.59 Å². The Hall–Kier alpha value is -3.29. The summed E-state index contributed by atoms with van der Waals surface area (Å²) in [5.41, 5.74) is 1.40. The maximum Gasteiger partial charge on any atom is 0.266 e. The van der Waals surface area contributed by atoms with E-state index < -0.39 is 0 Å². The van der Waals surface area contributed by atoms with E-state index in [2.05, 4.69) is 20.0 Å². The van der Waals surface area contributed by atoms with Crippen molar-refractivity contribution in [2.45, 2.75) is 19.4 Å². The summed E-state index contributed by atoms with van der Waals surface area (Å²) in [5.74, 6) is 1.23. The lowest BCUT2D eigenvalue weighted by atomic mass is 9.96. The summed E-state index contributed by atoms with van der Waals surface area (Å²) < 4.78 is 3.05. The summed E-state index contributed by atoms with van der Waals surface area (Å²) in [6.45, 7) is 2.37. The molecule has 0 atom stereocenters. The third-order valence-corrected chi connectivity index (χ3v) is 5.20. The number of pyridine rings is 1. The van der Waals surface area contributed by atoms with E-state index in [1.54, 1.807) is 48.5 Å². The molecule has 0 spiro atoms. The second-order valence-corrected chi connectivity index (χ2v) is 7.08. The highest BCUT2D eigenvalue weighted by molar-refractivity contribution is 5.57. The lowest BCUT2D eigenvalue weighted by Gasteiger charge is -2.32. The molecule has 3 aromatic heterocycles. The van der Waals surface area contributed by atoms with Gasteiger partial charge in [0.25, 0.3) is 11.1 Å². The van der Waals surface area contributed by atoms with Gasteiger partial charge in [0.15, 0.2) is 0 Å². The first kappa shape index (κ1) is 18.1. The van der Waals surface area contributed by atoms with Gasteiger partial charge < -0.3 is 4.90 Å². The van der Waals surface area contributed by atoms with Crippen LogP contribution in [0.25, 0.3) is 11.3 Å². The number of aromatic nitrogens is 5. The quantitative estimate of drug-likeness (QED) is 0.681. The van der Waals surface area contributed by atoms with Gasteiger partial charge in [-0.3, -0.25) is 19.1 Å². The van der Waals surface area contributed by atoms with E-state index in [0.717, 1.165) is 37.3 Å². The van der Waals surface area contributed by atoms with Gasteiger partial charge in [-0.2, -0.15) is 5.10 Å². The fraction of sp³-hybridized carbons (Fsp3) is 0.350. The molecular weight excluding hydrogens is 356 g/mol. The van der Waals surface area contributed by atoms with Gasteiger partial charge in [0, 0.05) is 56.8 Å². The molecule has 144 valence electrons. The monoisotopic (exact) mass is 378 g/mol. The number of hydrogen-bond acceptors (Lipinski definition) is 6. The molecule has 0 radical (unpaired) electrons. The number of hydrogen-bond donors (Lipinski definition) is 0. The molecule has 4 rings (SSSR count). The summed E-state index contributed by atoms with van der Waals surface area (Å²) in [4.78, 5) is 34.6. The molecule has 28 heavy (non-hydrogen) atoms. The third-order valence-electron chi connectivity index (χ3n) is 5.20. The van der Waals surface area contributed by atoms with Crippen molar-refractivity contribution >= 4 is 5.82 Å². The van der Waals surface area contributed by atoms with Gasteiger partial charge in [-0.15, -0.1) is 0 Å². The first-order valence-electron chi connectivity index (χ1n) is 9.36. The first-order valence-corrected chi connectivity index (χ1v) is 9.36.